The molecular formula is C20H19FN6O2. The summed E-state index contributed by atoms with van der Waals surface area (Å²) in [7, 11) is 0. The van der Waals surface area contributed by atoms with Crippen LogP contribution in [0.25, 0.3) is 22.4 Å². The number of benzene rings is 1. The summed E-state index contributed by atoms with van der Waals surface area (Å²) in [6.07, 6.45) is 6.07. The highest BCUT2D eigenvalue weighted by Gasteiger charge is 2.32. The third-order valence-corrected chi connectivity index (χ3v) is 6.07. The number of hydrogen-bond acceptors (Lipinski definition) is 5. The Hall–Kier alpha value is -3.07. The number of rotatable bonds is 3. The van der Waals surface area contributed by atoms with Crippen LogP contribution in [0.5, 0.6) is 0 Å². The first-order valence-electron chi connectivity index (χ1n) is 9.87. The minimum atomic E-state index is -0.385. The first-order valence-corrected chi connectivity index (χ1v) is 9.87. The summed E-state index contributed by atoms with van der Waals surface area (Å²) in [5.74, 6) is 0.479. The van der Waals surface area contributed by atoms with Gasteiger partial charge in [-0.15, -0.1) is 5.10 Å². The van der Waals surface area contributed by atoms with Gasteiger partial charge in [-0.05, 0) is 44.4 Å². The molecule has 2 atom stereocenters. The lowest BCUT2D eigenvalue weighted by Gasteiger charge is -2.21. The van der Waals surface area contributed by atoms with Gasteiger partial charge in [0.05, 0.1) is 35.1 Å². The van der Waals surface area contributed by atoms with Gasteiger partial charge in [0.1, 0.15) is 12.1 Å². The highest BCUT2D eigenvalue weighted by molar-refractivity contribution is 5.81. The fourth-order valence-electron chi connectivity index (χ4n) is 4.45. The van der Waals surface area contributed by atoms with Crippen LogP contribution in [-0.4, -0.2) is 41.7 Å². The maximum atomic E-state index is 14.1. The average Bonchev–Trinajstić information content (AvgIpc) is 3.09. The molecule has 29 heavy (non-hydrogen) atoms. The molecule has 1 aliphatic carbocycles. The molecule has 1 aliphatic heterocycles. The van der Waals surface area contributed by atoms with E-state index in [1.807, 2.05) is 6.92 Å². The number of halogens is 1. The maximum absolute atomic E-state index is 14.1. The van der Waals surface area contributed by atoms with Crippen molar-refractivity contribution < 1.29 is 9.13 Å². The van der Waals surface area contributed by atoms with Crippen LogP contribution in [0.4, 0.5) is 4.39 Å². The molecule has 2 fully saturated rings. The molecule has 1 saturated carbocycles. The van der Waals surface area contributed by atoms with Gasteiger partial charge in [0.15, 0.2) is 11.3 Å². The van der Waals surface area contributed by atoms with Crippen LogP contribution < -0.4 is 5.56 Å². The van der Waals surface area contributed by atoms with Crippen LogP contribution >= 0.6 is 0 Å². The van der Waals surface area contributed by atoms with E-state index in [9.17, 15) is 9.18 Å². The molecule has 8 nitrogen and oxygen atoms in total. The summed E-state index contributed by atoms with van der Waals surface area (Å²) < 4.78 is 24.9. The van der Waals surface area contributed by atoms with Crippen LogP contribution in [0.2, 0.25) is 0 Å². The zero-order valence-corrected chi connectivity index (χ0v) is 15.8. The molecule has 1 aromatic carbocycles. The summed E-state index contributed by atoms with van der Waals surface area (Å²) in [6, 6.07) is 4.32. The van der Waals surface area contributed by atoms with Crippen molar-refractivity contribution in [3.63, 3.8) is 0 Å². The van der Waals surface area contributed by atoms with Crippen LogP contribution in [-0.2, 0) is 4.74 Å². The number of aromatic nitrogens is 6. The Balaban J connectivity index is 1.71. The minimum absolute atomic E-state index is 0.138. The Morgan fingerprint density at radius 2 is 2.07 bits per heavy atom. The van der Waals surface area contributed by atoms with Crippen LogP contribution in [0.3, 0.4) is 0 Å². The van der Waals surface area contributed by atoms with Crippen molar-refractivity contribution in [3.8, 4) is 5.82 Å². The van der Waals surface area contributed by atoms with Crippen molar-refractivity contribution in [1.82, 2.24) is 28.9 Å². The van der Waals surface area contributed by atoms with Gasteiger partial charge in [-0.2, -0.15) is 4.68 Å². The van der Waals surface area contributed by atoms with Gasteiger partial charge in [0, 0.05) is 12.5 Å². The van der Waals surface area contributed by atoms with Gasteiger partial charge >= 0.3 is 0 Å². The predicted octanol–water partition coefficient (Wildman–Crippen LogP) is 2.60. The number of imidazole rings is 1. The van der Waals surface area contributed by atoms with Crippen molar-refractivity contribution in [2.45, 2.75) is 44.2 Å². The first-order chi connectivity index (χ1) is 14.1. The molecule has 3 aromatic heterocycles. The Labute approximate surface area is 164 Å². The Morgan fingerprint density at radius 1 is 1.21 bits per heavy atom. The highest BCUT2D eigenvalue weighted by atomic mass is 19.1. The molecule has 2 aliphatic rings. The lowest BCUT2D eigenvalue weighted by molar-refractivity contribution is 0.108. The second-order valence-corrected chi connectivity index (χ2v) is 7.87. The topological polar surface area (TPSA) is 79.2 Å². The summed E-state index contributed by atoms with van der Waals surface area (Å²) in [5, 5.41) is 8.25. The number of hydrogen-bond donors (Lipinski definition) is 0. The number of nitrogens with zero attached hydrogens (tertiary/aromatic N) is 6. The third kappa shape index (κ3) is 2.40. The first kappa shape index (κ1) is 16.8. The third-order valence-electron chi connectivity index (χ3n) is 6.07. The van der Waals surface area contributed by atoms with Gasteiger partial charge in [-0.25, -0.2) is 9.37 Å². The van der Waals surface area contributed by atoms with Crippen molar-refractivity contribution >= 4 is 16.6 Å². The minimum Gasteiger partial charge on any atom is -0.376 e. The monoisotopic (exact) mass is 394 g/mol. The highest BCUT2D eigenvalue weighted by Crippen LogP contribution is 2.40. The second-order valence-electron chi connectivity index (χ2n) is 7.87. The molecule has 4 heterocycles. The SMILES string of the molecule is CC1OCCC1n1c(=O)c2c(-n3nncc3C3CC3)ncn2c2ccc(F)cc21. The predicted molar refractivity (Wildman–Crippen MR) is 103 cm³/mol. The lowest BCUT2D eigenvalue weighted by atomic mass is 10.1. The summed E-state index contributed by atoms with van der Waals surface area (Å²) in [6.45, 7) is 2.51. The maximum Gasteiger partial charge on any atom is 0.279 e. The normalized spacial score (nSPS) is 22.1. The van der Waals surface area contributed by atoms with Gasteiger partial charge < -0.3 is 4.74 Å². The van der Waals surface area contributed by atoms with E-state index >= 15 is 0 Å². The average molecular weight is 394 g/mol. The van der Waals surface area contributed by atoms with E-state index < -0.39 is 0 Å². The van der Waals surface area contributed by atoms with Crippen LogP contribution in [0.1, 0.15) is 43.8 Å². The standard InChI is InChI=1S/C20H19FN6O2/c1-11-14(6-7-29-11)26-16-8-13(21)4-5-15(16)25-10-22-19(18(25)20(26)28)27-17(9-23-24-27)12-2-3-12/h4-5,8-12,14H,2-3,6-7H2,1H3. The molecule has 1 saturated heterocycles. The van der Waals surface area contributed by atoms with Gasteiger partial charge in [0.2, 0.25) is 0 Å². The molecule has 0 spiro atoms. The molecule has 6 rings (SSSR count). The number of ether oxygens (including phenoxy) is 1. The molecular weight excluding hydrogens is 375 g/mol. The van der Waals surface area contributed by atoms with E-state index in [1.165, 1.54) is 12.1 Å². The zero-order chi connectivity index (χ0) is 19.7. The summed E-state index contributed by atoms with van der Waals surface area (Å²) in [5.41, 5.74) is 2.40. The molecule has 2 unspecified atom stereocenters. The molecule has 9 heteroatoms. The van der Waals surface area contributed by atoms with E-state index in [2.05, 4.69) is 15.3 Å². The molecule has 0 N–H and O–H groups in total. The fourth-order valence-corrected chi connectivity index (χ4v) is 4.45. The smallest absolute Gasteiger partial charge is 0.279 e. The Morgan fingerprint density at radius 3 is 2.83 bits per heavy atom. The van der Waals surface area contributed by atoms with Crippen LogP contribution in [0, 0.1) is 5.82 Å². The van der Waals surface area contributed by atoms with E-state index in [-0.39, 0.29) is 23.5 Å². The van der Waals surface area contributed by atoms with Crippen molar-refractivity contribution in [1.29, 1.82) is 0 Å². The lowest BCUT2D eigenvalue weighted by Crippen LogP contribution is -2.31. The van der Waals surface area contributed by atoms with Gasteiger partial charge in [0.25, 0.3) is 5.56 Å². The Bertz CT molecular complexity index is 1320. The summed E-state index contributed by atoms with van der Waals surface area (Å²) in [4.78, 5) is 18.2. The molecule has 0 amide bonds. The molecule has 0 bridgehead atoms. The van der Waals surface area contributed by atoms with Crippen molar-refractivity contribution in [2.24, 2.45) is 0 Å². The van der Waals surface area contributed by atoms with Gasteiger partial charge in [-0.3, -0.25) is 13.8 Å². The van der Waals surface area contributed by atoms with E-state index in [1.54, 1.807) is 32.2 Å². The van der Waals surface area contributed by atoms with E-state index in [4.69, 9.17) is 4.74 Å². The number of fused-ring (bicyclic) bond motifs is 3. The molecule has 148 valence electrons. The summed E-state index contributed by atoms with van der Waals surface area (Å²) >= 11 is 0. The second kappa shape index (κ2) is 5.96. The Kier molecular flexibility index (Phi) is 3.46. The molecule has 4 aromatic rings. The van der Waals surface area contributed by atoms with Crippen LogP contribution in [0.15, 0.2) is 35.5 Å². The van der Waals surface area contributed by atoms with E-state index in [0.29, 0.717) is 41.3 Å². The quantitative estimate of drug-likeness (QED) is 0.534. The fraction of sp³-hybridized carbons (Fsp3) is 0.400. The van der Waals surface area contributed by atoms with E-state index in [0.717, 1.165) is 18.5 Å². The van der Waals surface area contributed by atoms with Crippen molar-refractivity contribution in [2.75, 3.05) is 6.61 Å². The molecule has 0 radical (unpaired) electrons. The zero-order valence-electron chi connectivity index (χ0n) is 15.8. The largest absolute Gasteiger partial charge is 0.376 e. The van der Waals surface area contributed by atoms with Crippen molar-refractivity contribution in [3.05, 3.63) is 52.6 Å². The van der Waals surface area contributed by atoms with Gasteiger partial charge in [-0.1, -0.05) is 5.21 Å².